The summed E-state index contributed by atoms with van der Waals surface area (Å²) in [6.45, 7) is 15.9. The van der Waals surface area contributed by atoms with Crippen LogP contribution in [0.25, 0.3) is 0 Å². The summed E-state index contributed by atoms with van der Waals surface area (Å²) in [7, 11) is 0. The highest BCUT2D eigenvalue weighted by Gasteiger charge is 2.26. The third kappa shape index (κ3) is 3.94. The molecule has 1 N–H and O–H groups in total. The quantitative estimate of drug-likeness (QED) is 0.822. The van der Waals surface area contributed by atoms with E-state index in [-0.39, 0.29) is 0 Å². The highest BCUT2D eigenvalue weighted by molar-refractivity contribution is 4.83. The van der Waals surface area contributed by atoms with E-state index in [0.29, 0.717) is 6.04 Å². The van der Waals surface area contributed by atoms with Crippen LogP contribution in [-0.2, 0) is 0 Å². The number of rotatable bonds is 4. The highest BCUT2D eigenvalue weighted by Crippen LogP contribution is 2.18. The number of likely N-dealkylation sites (tertiary alicyclic amines) is 1. The standard InChI is InChI=1S/C15H31N3/c1-4-17-9-6-14(10-17)11-18-8-5-7-16-15(12-18)13(2)3/h13-16H,4-12H2,1-3H3. The van der Waals surface area contributed by atoms with Crippen molar-refractivity contribution in [2.24, 2.45) is 11.8 Å². The van der Waals surface area contributed by atoms with E-state index in [4.69, 9.17) is 0 Å². The summed E-state index contributed by atoms with van der Waals surface area (Å²) in [5, 5.41) is 3.70. The van der Waals surface area contributed by atoms with E-state index in [1.807, 2.05) is 0 Å². The normalized spacial score (nSPS) is 32.0. The van der Waals surface area contributed by atoms with E-state index in [9.17, 15) is 0 Å². The van der Waals surface area contributed by atoms with Gasteiger partial charge >= 0.3 is 0 Å². The summed E-state index contributed by atoms with van der Waals surface area (Å²) >= 11 is 0. The van der Waals surface area contributed by atoms with Crippen molar-refractivity contribution < 1.29 is 0 Å². The molecule has 2 heterocycles. The van der Waals surface area contributed by atoms with Gasteiger partial charge in [0.25, 0.3) is 0 Å². The first-order valence-corrected chi connectivity index (χ1v) is 7.87. The Balaban J connectivity index is 1.80. The first-order chi connectivity index (χ1) is 8.69. The van der Waals surface area contributed by atoms with Crippen LogP contribution in [-0.4, -0.2) is 61.7 Å². The minimum absolute atomic E-state index is 0.691. The van der Waals surface area contributed by atoms with Crippen molar-refractivity contribution in [3.8, 4) is 0 Å². The molecule has 2 unspecified atom stereocenters. The van der Waals surface area contributed by atoms with E-state index in [0.717, 1.165) is 11.8 Å². The molecule has 2 saturated heterocycles. The second kappa shape index (κ2) is 6.88. The average Bonchev–Trinajstić information content (AvgIpc) is 2.66. The van der Waals surface area contributed by atoms with Crippen LogP contribution in [0.1, 0.15) is 33.6 Å². The number of hydrogen-bond acceptors (Lipinski definition) is 3. The molecule has 2 aliphatic rings. The van der Waals surface area contributed by atoms with Crippen molar-refractivity contribution in [2.75, 3.05) is 45.8 Å². The van der Waals surface area contributed by atoms with Crippen LogP contribution in [0, 0.1) is 11.8 Å². The topological polar surface area (TPSA) is 18.5 Å². The van der Waals surface area contributed by atoms with E-state index >= 15 is 0 Å². The molecular formula is C15H31N3. The monoisotopic (exact) mass is 253 g/mol. The zero-order valence-electron chi connectivity index (χ0n) is 12.5. The van der Waals surface area contributed by atoms with Crippen LogP contribution in [0.15, 0.2) is 0 Å². The molecule has 0 aliphatic carbocycles. The summed E-state index contributed by atoms with van der Waals surface area (Å²) in [4.78, 5) is 5.31. The largest absolute Gasteiger partial charge is 0.312 e. The van der Waals surface area contributed by atoms with E-state index in [2.05, 4.69) is 35.9 Å². The van der Waals surface area contributed by atoms with E-state index in [1.54, 1.807) is 0 Å². The van der Waals surface area contributed by atoms with Gasteiger partial charge in [-0.3, -0.25) is 0 Å². The Bertz CT molecular complexity index is 242. The lowest BCUT2D eigenvalue weighted by molar-refractivity contribution is 0.210. The number of hydrogen-bond donors (Lipinski definition) is 1. The fraction of sp³-hybridized carbons (Fsp3) is 1.00. The molecule has 2 rings (SSSR count). The van der Waals surface area contributed by atoms with Gasteiger partial charge in [-0.25, -0.2) is 0 Å². The second-order valence-electron chi connectivity index (χ2n) is 6.47. The lowest BCUT2D eigenvalue weighted by Crippen LogP contribution is -2.42. The summed E-state index contributed by atoms with van der Waals surface area (Å²) in [5.74, 6) is 1.66. The minimum atomic E-state index is 0.691. The molecule has 0 spiro atoms. The van der Waals surface area contributed by atoms with Gasteiger partial charge in [-0.05, 0) is 50.9 Å². The van der Waals surface area contributed by atoms with Crippen molar-refractivity contribution in [1.29, 1.82) is 0 Å². The molecular weight excluding hydrogens is 222 g/mol. The number of nitrogens with one attached hydrogen (secondary N) is 1. The predicted octanol–water partition coefficient (Wildman–Crippen LogP) is 1.65. The van der Waals surface area contributed by atoms with Gasteiger partial charge < -0.3 is 15.1 Å². The molecule has 2 aliphatic heterocycles. The SMILES string of the molecule is CCN1CCC(CN2CCCNC(C(C)C)C2)C1. The summed E-state index contributed by atoms with van der Waals surface area (Å²) in [6, 6.07) is 0.691. The molecule has 3 heteroatoms. The van der Waals surface area contributed by atoms with Gasteiger partial charge in [0.05, 0.1) is 0 Å². The Labute approximate surface area is 113 Å². The van der Waals surface area contributed by atoms with Crippen LogP contribution in [0.4, 0.5) is 0 Å². The Morgan fingerprint density at radius 2 is 2.00 bits per heavy atom. The fourth-order valence-electron chi connectivity index (χ4n) is 3.35. The molecule has 3 nitrogen and oxygen atoms in total. The van der Waals surface area contributed by atoms with Gasteiger partial charge in [0.15, 0.2) is 0 Å². The predicted molar refractivity (Wildman–Crippen MR) is 77.9 cm³/mol. The fourth-order valence-corrected chi connectivity index (χ4v) is 3.35. The van der Waals surface area contributed by atoms with E-state index < -0.39 is 0 Å². The molecule has 106 valence electrons. The molecule has 0 amide bonds. The van der Waals surface area contributed by atoms with Gasteiger partial charge in [-0.15, -0.1) is 0 Å². The summed E-state index contributed by atoms with van der Waals surface area (Å²) < 4.78 is 0. The lowest BCUT2D eigenvalue weighted by Gasteiger charge is -2.28. The summed E-state index contributed by atoms with van der Waals surface area (Å²) in [5.41, 5.74) is 0. The molecule has 0 radical (unpaired) electrons. The zero-order valence-corrected chi connectivity index (χ0v) is 12.5. The van der Waals surface area contributed by atoms with Crippen LogP contribution < -0.4 is 5.32 Å². The van der Waals surface area contributed by atoms with Gasteiger partial charge in [-0.2, -0.15) is 0 Å². The first-order valence-electron chi connectivity index (χ1n) is 7.87. The van der Waals surface area contributed by atoms with Crippen molar-refractivity contribution in [2.45, 2.75) is 39.7 Å². The van der Waals surface area contributed by atoms with Crippen molar-refractivity contribution in [1.82, 2.24) is 15.1 Å². The summed E-state index contributed by atoms with van der Waals surface area (Å²) in [6.07, 6.45) is 2.72. The average molecular weight is 253 g/mol. The molecule has 0 aromatic carbocycles. The lowest BCUT2D eigenvalue weighted by atomic mass is 10.0. The first kappa shape index (κ1) is 14.3. The second-order valence-corrected chi connectivity index (χ2v) is 6.47. The minimum Gasteiger partial charge on any atom is -0.312 e. The Morgan fingerprint density at radius 3 is 2.67 bits per heavy atom. The third-order valence-corrected chi connectivity index (χ3v) is 4.65. The highest BCUT2D eigenvalue weighted by atomic mass is 15.2. The van der Waals surface area contributed by atoms with Crippen LogP contribution in [0.3, 0.4) is 0 Å². The molecule has 2 atom stereocenters. The molecule has 18 heavy (non-hydrogen) atoms. The molecule has 0 aromatic rings. The van der Waals surface area contributed by atoms with Gasteiger partial charge in [0, 0.05) is 25.7 Å². The maximum atomic E-state index is 3.70. The molecule has 0 bridgehead atoms. The Morgan fingerprint density at radius 1 is 1.17 bits per heavy atom. The smallest absolute Gasteiger partial charge is 0.0217 e. The molecule has 2 fully saturated rings. The zero-order chi connectivity index (χ0) is 13.0. The maximum absolute atomic E-state index is 3.70. The van der Waals surface area contributed by atoms with Gasteiger partial charge in [-0.1, -0.05) is 20.8 Å². The van der Waals surface area contributed by atoms with E-state index in [1.165, 1.54) is 58.7 Å². The van der Waals surface area contributed by atoms with Crippen LogP contribution >= 0.6 is 0 Å². The van der Waals surface area contributed by atoms with Crippen LogP contribution in [0.5, 0.6) is 0 Å². The third-order valence-electron chi connectivity index (χ3n) is 4.65. The Hall–Kier alpha value is -0.120. The van der Waals surface area contributed by atoms with Crippen molar-refractivity contribution in [3.63, 3.8) is 0 Å². The maximum Gasteiger partial charge on any atom is 0.0217 e. The van der Waals surface area contributed by atoms with Crippen LogP contribution in [0.2, 0.25) is 0 Å². The van der Waals surface area contributed by atoms with Crippen molar-refractivity contribution in [3.05, 3.63) is 0 Å². The number of nitrogens with zero attached hydrogens (tertiary/aromatic N) is 2. The van der Waals surface area contributed by atoms with Gasteiger partial charge in [0.1, 0.15) is 0 Å². The molecule has 0 aromatic heterocycles. The Kier molecular flexibility index (Phi) is 5.46. The molecule has 0 saturated carbocycles. The van der Waals surface area contributed by atoms with Gasteiger partial charge in [0.2, 0.25) is 0 Å². The van der Waals surface area contributed by atoms with Crippen molar-refractivity contribution >= 4 is 0 Å².